The summed E-state index contributed by atoms with van der Waals surface area (Å²) in [7, 11) is 0. The van der Waals surface area contributed by atoms with E-state index in [2.05, 4.69) is 10.6 Å². The van der Waals surface area contributed by atoms with E-state index in [1.54, 1.807) is 6.92 Å². The largest absolute Gasteiger partial charge is 0.465 e. The second kappa shape index (κ2) is 8.33. The maximum atomic E-state index is 9.49. The predicted molar refractivity (Wildman–Crippen MR) is 48.4 cm³/mol. The highest BCUT2D eigenvalue weighted by molar-refractivity contribution is 5.64. The molecule has 1 aliphatic rings. The van der Waals surface area contributed by atoms with Gasteiger partial charge in [-0.1, -0.05) is 6.42 Å². The highest BCUT2D eigenvalue weighted by Gasteiger charge is 1.93. The molecule has 0 atom stereocenters. The van der Waals surface area contributed by atoms with Gasteiger partial charge < -0.3 is 15.7 Å². The van der Waals surface area contributed by atoms with Crippen LogP contribution in [0.2, 0.25) is 0 Å². The maximum Gasteiger partial charge on any atom is 0.404 e. The molecule has 0 aromatic carbocycles. The predicted octanol–water partition coefficient (Wildman–Crippen LogP) is 1.03. The van der Waals surface area contributed by atoms with Crippen LogP contribution >= 0.6 is 0 Å². The van der Waals surface area contributed by atoms with Crippen LogP contribution in [-0.4, -0.2) is 30.8 Å². The van der Waals surface area contributed by atoms with Gasteiger partial charge in [0.1, 0.15) is 0 Å². The number of amides is 1. The van der Waals surface area contributed by atoms with Gasteiger partial charge in [0.25, 0.3) is 0 Å². The average molecular weight is 174 g/mol. The summed E-state index contributed by atoms with van der Waals surface area (Å²) >= 11 is 0. The number of hydrogen-bond acceptors (Lipinski definition) is 2. The van der Waals surface area contributed by atoms with Gasteiger partial charge in [0.05, 0.1) is 0 Å². The van der Waals surface area contributed by atoms with Gasteiger partial charge in [-0.05, 0) is 32.9 Å². The van der Waals surface area contributed by atoms with Gasteiger partial charge in [0, 0.05) is 6.54 Å². The minimum atomic E-state index is -0.961. The van der Waals surface area contributed by atoms with Crippen molar-refractivity contribution in [2.24, 2.45) is 0 Å². The van der Waals surface area contributed by atoms with Crippen LogP contribution in [0.25, 0.3) is 0 Å². The first-order valence-electron chi connectivity index (χ1n) is 4.45. The first-order chi connectivity index (χ1) is 5.77. The molecule has 0 saturated carbocycles. The SMILES string of the molecule is C1CCNCC1.CCNC(=O)O. The zero-order valence-corrected chi connectivity index (χ0v) is 7.60. The van der Waals surface area contributed by atoms with Crippen LogP contribution in [0.15, 0.2) is 0 Å². The Kier molecular flexibility index (Phi) is 7.79. The first kappa shape index (κ1) is 11.2. The Bertz CT molecular complexity index is 102. The quantitative estimate of drug-likeness (QED) is 0.556. The van der Waals surface area contributed by atoms with Gasteiger partial charge >= 0.3 is 6.09 Å². The number of carbonyl (C=O) groups is 1. The van der Waals surface area contributed by atoms with Crippen molar-refractivity contribution in [3.05, 3.63) is 0 Å². The Morgan fingerprint density at radius 1 is 1.42 bits per heavy atom. The van der Waals surface area contributed by atoms with E-state index in [0.717, 1.165) is 0 Å². The molecule has 72 valence electrons. The standard InChI is InChI=1S/C5H11N.C3H7NO2/c1-2-4-6-5-3-1;1-2-4-3(5)6/h6H,1-5H2;4H,2H2,1H3,(H,5,6). The van der Waals surface area contributed by atoms with Crippen LogP contribution < -0.4 is 10.6 Å². The molecule has 1 saturated heterocycles. The Morgan fingerprint density at radius 3 is 2.08 bits per heavy atom. The van der Waals surface area contributed by atoms with Crippen molar-refractivity contribution in [3.63, 3.8) is 0 Å². The Balaban J connectivity index is 0.000000202. The van der Waals surface area contributed by atoms with Crippen LogP contribution in [0.5, 0.6) is 0 Å². The van der Waals surface area contributed by atoms with Crippen molar-refractivity contribution in [2.75, 3.05) is 19.6 Å². The molecular formula is C8H18N2O2. The Morgan fingerprint density at radius 2 is 2.00 bits per heavy atom. The van der Waals surface area contributed by atoms with Gasteiger partial charge in [-0.3, -0.25) is 0 Å². The summed E-state index contributed by atoms with van der Waals surface area (Å²) in [5, 5.41) is 13.2. The third-order valence-corrected chi connectivity index (χ3v) is 1.54. The highest BCUT2D eigenvalue weighted by atomic mass is 16.4. The summed E-state index contributed by atoms with van der Waals surface area (Å²) in [6.45, 7) is 4.71. The molecular weight excluding hydrogens is 156 g/mol. The van der Waals surface area contributed by atoms with Crippen LogP contribution in [0.1, 0.15) is 26.2 Å². The molecule has 12 heavy (non-hydrogen) atoms. The number of carboxylic acid groups (broad SMARTS) is 1. The summed E-state index contributed by atoms with van der Waals surface area (Å²) in [5.41, 5.74) is 0. The van der Waals surface area contributed by atoms with Crippen molar-refractivity contribution in [2.45, 2.75) is 26.2 Å². The van der Waals surface area contributed by atoms with Crippen LogP contribution in [0.4, 0.5) is 4.79 Å². The fourth-order valence-electron chi connectivity index (χ4n) is 0.953. The molecule has 3 N–H and O–H groups in total. The molecule has 0 aromatic rings. The van der Waals surface area contributed by atoms with E-state index in [1.165, 1.54) is 32.4 Å². The number of rotatable bonds is 1. The lowest BCUT2D eigenvalue weighted by atomic mass is 10.2. The van der Waals surface area contributed by atoms with E-state index in [1.807, 2.05) is 0 Å². The number of nitrogens with one attached hydrogen (secondary N) is 2. The molecule has 0 unspecified atom stereocenters. The zero-order chi connectivity index (χ0) is 9.23. The normalized spacial score (nSPS) is 15.8. The molecule has 0 bridgehead atoms. The molecule has 4 heteroatoms. The third-order valence-electron chi connectivity index (χ3n) is 1.54. The monoisotopic (exact) mass is 174 g/mol. The topological polar surface area (TPSA) is 61.4 Å². The number of hydrogen-bond donors (Lipinski definition) is 3. The molecule has 1 fully saturated rings. The van der Waals surface area contributed by atoms with E-state index in [0.29, 0.717) is 6.54 Å². The fraction of sp³-hybridized carbons (Fsp3) is 0.875. The van der Waals surface area contributed by atoms with Gasteiger partial charge in [-0.2, -0.15) is 0 Å². The Hall–Kier alpha value is -0.770. The lowest BCUT2D eigenvalue weighted by molar-refractivity contribution is 0.195. The zero-order valence-electron chi connectivity index (χ0n) is 7.60. The molecule has 0 aromatic heterocycles. The maximum absolute atomic E-state index is 9.49. The smallest absolute Gasteiger partial charge is 0.404 e. The van der Waals surface area contributed by atoms with Crippen LogP contribution in [-0.2, 0) is 0 Å². The molecule has 1 heterocycles. The molecule has 1 rings (SSSR count). The lowest BCUT2D eigenvalue weighted by Crippen LogP contribution is -2.21. The minimum absolute atomic E-state index is 0.481. The van der Waals surface area contributed by atoms with Crippen molar-refractivity contribution >= 4 is 6.09 Å². The minimum Gasteiger partial charge on any atom is -0.465 e. The summed E-state index contributed by atoms with van der Waals surface area (Å²) < 4.78 is 0. The first-order valence-corrected chi connectivity index (χ1v) is 4.45. The van der Waals surface area contributed by atoms with Crippen LogP contribution in [0.3, 0.4) is 0 Å². The molecule has 1 aliphatic heterocycles. The molecule has 1 amide bonds. The van der Waals surface area contributed by atoms with E-state index in [4.69, 9.17) is 5.11 Å². The fourth-order valence-corrected chi connectivity index (χ4v) is 0.953. The lowest BCUT2D eigenvalue weighted by Gasteiger charge is -2.08. The highest BCUT2D eigenvalue weighted by Crippen LogP contribution is 1.96. The van der Waals surface area contributed by atoms with E-state index in [-0.39, 0.29) is 0 Å². The van der Waals surface area contributed by atoms with E-state index >= 15 is 0 Å². The van der Waals surface area contributed by atoms with Crippen molar-refractivity contribution in [3.8, 4) is 0 Å². The van der Waals surface area contributed by atoms with E-state index < -0.39 is 6.09 Å². The van der Waals surface area contributed by atoms with Gasteiger partial charge in [0.2, 0.25) is 0 Å². The molecule has 0 aliphatic carbocycles. The molecule has 0 radical (unpaired) electrons. The van der Waals surface area contributed by atoms with Crippen molar-refractivity contribution < 1.29 is 9.90 Å². The Labute approximate surface area is 73.3 Å². The van der Waals surface area contributed by atoms with Gasteiger partial charge in [-0.25, -0.2) is 4.79 Å². The van der Waals surface area contributed by atoms with Gasteiger partial charge in [0.15, 0.2) is 0 Å². The van der Waals surface area contributed by atoms with Crippen molar-refractivity contribution in [1.82, 2.24) is 10.6 Å². The summed E-state index contributed by atoms with van der Waals surface area (Å²) in [4.78, 5) is 9.49. The summed E-state index contributed by atoms with van der Waals surface area (Å²) in [6, 6.07) is 0. The summed E-state index contributed by atoms with van der Waals surface area (Å²) in [5.74, 6) is 0. The molecule has 0 spiro atoms. The van der Waals surface area contributed by atoms with Gasteiger partial charge in [-0.15, -0.1) is 0 Å². The number of piperidine rings is 1. The van der Waals surface area contributed by atoms with E-state index in [9.17, 15) is 4.79 Å². The average Bonchev–Trinajstić information content (AvgIpc) is 2.08. The second-order valence-electron chi connectivity index (χ2n) is 2.65. The molecule has 4 nitrogen and oxygen atoms in total. The summed E-state index contributed by atoms with van der Waals surface area (Å²) in [6.07, 6.45) is 3.25. The third kappa shape index (κ3) is 9.23. The van der Waals surface area contributed by atoms with Crippen LogP contribution in [0, 0.1) is 0 Å². The second-order valence-corrected chi connectivity index (χ2v) is 2.65. The van der Waals surface area contributed by atoms with Crippen molar-refractivity contribution in [1.29, 1.82) is 0 Å².